The lowest BCUT2D eigenvalue weighted by Gasteiger charge is -2.01. The molecule has 0 heterocycles. The molecule has 0 bridgehead atoms. The zero-order valence-electron chi connectivity index (χ0n) is 7.42. The van der Waals surface area contributed by atoms with Crippen LogP contribution in [0.4, 0.5) is 0 Å². The van der Waals surface area contributed by atoms with Gasteiger partial charge in [0.05, 0.1) is 0 Å². The number of hydrogen-bond acceptors (Lipinski definition) is 2. The van der Waals surface area contributed by atoms with E-state index in [4.69, 9.17) is 11.5 Å². The van der Waals surface area contributed by atoms with E-state index in [-0.39, 0.29) is 6.04 Å². The number of rotatable bonds is 6. The molecule has 0 spiro atoms. The Balaban J connectivity index is 3.24. The van der Waals surface area contributed by atoms with Crippen LogP contribution in [0.3, 0.4) is 0 Å². The van der Waals surface area contributed by atoms with Crippen molar-refractivity contribution in [2.75, 3.05) is 6.54 Å². The number of nitrogens with two attached hydrogens (primary N) is 2. The van der Waals surface area contributed by atoms with Gasteiger partial charge in [-0.1, -0.05) is 25.5 Å². The minimum absolute atomic E-state index is 0.248. The maximum absolute atomic E-state index is 5.75. The monoisotopic (exact) mass is 156 g/mol. The summed E-state index contributed by atoms with van der Waals surface area (Å²) in [5.41, 5.74) is 11.1. The Kier molecular flexibility index (Phi) is 7.52. The van der Waals surface area contributed by atoms with Gasteiger partial charge in [0.25, 0.3) is 0 Å². The van der Waals surface area contributed by atoms with Crippen LogP contribution in [-0.4, -0.2) is 12.6 Å². The first-order valence-electron chi connectivity index (χ1n) is 4.43. The molecule has 0 aliphatic heterocycles. The molecule has 11 heavy (non-hydrogen) atoms. The lowest BCUT2D eigenvalue weighted by atomic mass is 10.1. The summed E-state index contributed by atoms with van der Waals surface area (Å²) in [6.45, 7) is 2.92. The quantitative estimate of drug-likeness (QED) is 0.451. The van der Waals surface area contributed by atoms with Gasteiger partial charge in [-0.2, -0.15) is 0 Å². The van der Waals surface area contributed by atoms with Gasteiger partial charge in [-0.25, -0.2) is 0 Å². The van der Waals surface area contributed by atoms with Crippen molar-refractivity contribution in [1.29, 1.82) is 0 Å². The van der Waals surface area contributed by atoms with Gasteiger partial charge in [-0.05, 0) is 25.8 Å². The molecule has 1 atom stereocenters. The lowest BCUT2D eigenvalue weighted by molar-refractivity contribution is 0.700. The average Bonchev–Trinajstić information content (AvgIpc) is 1.99. The van der Waals surface area contributed by atoms with E-state index in [2.05, 4.69) is 19.1 Å². The van der Waals surface area contributed by atoms with E-state index in [9.17, 15) is 0 Å². The van der Waals surface area contributed by atoms with Gasteiger partial charge in [0.2, 0.25) is 0 Å². The molecule has 0 aromatic carbocycles. The minimum Gasteiger partial charge on any atom is -0.330 e. The molecule has 0 fully saturated rings. The summed E-state index contributed by atoms with van der Waals surface area (Å²) in [6.07, 6.45) is 8.58. The van der Waals surface area contributed by atoms with Crippen molar-refractivity contribution in [1.82, 2.24) is 0 Å². The Bertz CT molecular complexity index is 99.7. The second-order valence-corrected chi connectivity index (χ2v) is 2.81. The van der Waals surface area contributed by atoms with Crippen molar-refractivity contribution in [3.05, 3.63) is 12.2 Å². The van der Waals surface area contributed by atoms with E-state index in [0.717, 1.165) is 32.2 Å². The van der Waals surface area contributed by atoms with Gasteiger partial charge in [0.1, 0.15) is 0 Å². The van der Waals surface area contributed by atoms with Gasteiger partial charge in [0.15, 0.2) is 0 Å². The first-order valence-corrected chi connectivity index (χ1v) is 4.43. The van der Waals surface area contributed by atoms with Gasteiger partial charge >= 0.3 is 0 Å². The molecule has 0 saturated carbocycles. The Morgan fingerprint density at radius 1 is 1.45 bits per heavy atom. The van der Waals surface area contributed by atoms with Crippen LogP contribution in [0.1, 0.15) is 32.6 Å². The fourth-order valence-corrected chi connectivity index (χ4v) is 0.936. The summed E-state index contributed by atoms with van der Waals surface area (Å²) >= 11 is 0. The highest BCUT2D eigenvalue weighted by molar-refractivity contribution is 4.90. The van der Waals surface area contributed by atoms with Crippen LogP contribution in [0.2, 0.25) is 0 Å². The number of allylic oxidation sites excluding steroid dienone is 1. The van der Waals surface area contributed by atoms with Crippen molar-refractivity contribution < 1.29 is 0 Å². The van der Waals surface area contributed by atoms with E-state index in [1.54, 1.807) is 0 Å². The average molecular weight is 156 g/mol. The minimum atomic E-state index is 0.248. The van der Waals surface area contributed by atoms with Crippen molar-refractivity contribution >= 4 is 0 Å². The third kappa shape index (κ3) is 7.56. The third-order valence-electron chi connectivity index (χ3n) is 1.58. The number of unbranched alkanes of at least 4 members (excludes halogenated alkanes) is 1. The largest absolute Gasteiger partial charge is 0.330 e. The van der Waals surface area contributed by atoms with E-state index < -0.39 is 0 Å². The van der Waals surface area contributed by atoms with Crippen molar-refractivity contribution in [3.8, 4) is 0 Å². The standard InChI is InChI=1S/C9H20N2/c1-2-6-9(11)7-4-3-5-8-10/h4,7,9H,2-3,5-6,8,10-11H2,1H3. The van der Waals surface area contributed by atoms with Crippen LogP contribution in [0.25, 0.3) is 0 Å². The molecule has 1 unspecified atom stereocenters. The normalized spacial score (nSPS) is 14.1. The predicted octanol–water partition coefficient (Wildman–Crippen LogP) is 1.41. The Labute approximate surface area is 69.6 Å². The smallest absolute Gasteiger partial charge is 0.0223 e. The van der Waals surface area contributed by atoms with Crippen LogP contribution in [0.5, 0.6) is 0 Å². The molecule has 2 nitrogen and oxygen atoms in total. The Morgan fingerprint density at radius 3 is 2.73 bits per heavy atom. The summed E-state index contributed by atoms with van der Waals surface area (Å²) in [5, 5.41) is 0. The fourth-order valence-electron chi connectivity index (χ4n) is 0.936. The van der Waals surface area contributed by atoms with E-state index in [1.165, 1.54) is 0 Å². The predicted molar refractivity (Wildman–Crippen MR) is 50.3 cm³/mol. The molecule has 0 radical (unpaired) electrons. The zero-order chi connectivity index (χ0) is 8.53. The molecule has 0 aliphatic rings. The van der Waals surface area contributed by atoms with Crippen LogP contribution in [0, 0.1) is 0 Å². The molecule has 0 rings (SSSR count). The van der Waals surface area contributed by atoms with E-state index in [1.807, 2.05) is 0 Å². The SMILES string of the molecule is CCCC(N)C=CCCCN. The van der Waals surface area contributed by atoms with Crippen molar-refractivity contribution in [3.63, 3.8) is 0 Å². The van der Waals surface area contributed by atoms with E-state index >= 15 is 0 Å². The summed E-state index contributed by atoms with van der Waals surface area (Å²) in [7, 11) is 0. The molecule has 0 saturated heterocycles. The second kappa shape index (κ2) is 7.76. The molecule has 0 aliphatic carbocycles. The van der Waals surface area contributed by atoms with Gasteiger partial charge in [-0.3, -0.25) is 0 Å². The van der Waals surface area contributed by atoms with Gasteiger partial charge < -0.3 is 11.5 Å². The highest BCUT2D eigenvalue weighted by atomic mass is 14.6. The molecular weight excluding hydrogens is 136 g/mol. The highest BCUT2D eigenvalue weighted by Crippen LogP contribution is 1.96. The highest BCUT2D eigenvalue weighted by Gasteiger charge is 1.92. The summed E-state index contributed by atoms with van der Waals surface area (Å²) < 4.78 is 0. The molecule has 66 valence electrons. The lowest BCUT2D eigenvalue weighted by Crippen LogP contribution is -2.15. The number of hydrogen-bond donors (Lipinski definition) is 2. The van der Waals surface area contributed by atoms with Crippen LogP contribution >= 0.6 is 0 Å². The van der Waals surface area contributed by atoms with Gasteiger partial charge in [0, 0.05) is 6.04 Å². The summed E-state index contributed by atoms with van der Waals surface area (Å²) in [6, 6.07) is 0.248. The maximum Gasteiger partial charge on any atom is 0.0223 e. The maximum atomic E-state index is 5.75. The van der Waals surface area contributed by atoms with Crippen molar-refractivity contribution in [2.45, 2.75) is 38.6 Å². The zero-order valence-corrected chi connectivity index (χ0v) is 7.42. The van der Waals surface area contributed by atoms with Crippen LogP contribution in [-0.2, 0) is 0 Å². The fraction of sp³-hybridized carbons (Fsp3) is 0.778. The van der Waals surface area contributed by atoms with Crippen LogP contribution < -0.4 is 11.5 Å². The molecule has 4 N–H and O–H groups in total. The first kappa shape index (κ1) is 10.7. The molecule has 0 aromatic rings. The van der Waals surface area contributed by atoms with Gasteiger partial charge in [-0.15, -0.1) is 0 Å². The third-order valence-corrected chi connectivity index (χ3v) is 1.58. The Morgan fingerprint density at radius 2 is 2.18 bits per heavy atom. The molecular formula is C9H20N2. The van der Waals surface area contributed by atoms with Crippen molar-refractivity contribution in [2.24, 2.45) is 11.5 Å². The van der Waals surface area contributed by atoms with E-state index in [0.29, 0.717) is 0 Å². The topological polar surface area (TPSA) is 52.0 Å². The summed E-state index contributed by atoms with van der Waals surface area (Å²) in [5.74, 6) is 0. The first-order chi connectivity index (χ1) is 5.31. The second-order valence-electron chi connectivity index (χ2n) is 2.81. The van der Waals surface area contributed by atoms with Crippen LogP contribution in [0.15, 0.2) is 12.2 Å². The summed E-state index contributed by atoms with van der Waals surface area (Å²) in [4.78, 5) is 0. The Hall–Kier alpha value is -0.340. The molecule has 0 amide bonds. The molecule has 0 aromatic heterocycles. The molecule has 2 heteroatoms.